The zero-order valence-corrected chi connectivity index (χ0v) is 11.4. The van der Waals surface area contributed by atoms with Crippen molar-refractivity contribution in [3.63, 3.8) is 0 Å². The largest absolute Gasteiger partial charge is 0.396 e. The third-order valence-electron chi connectivity index (χ3n) is 2.73. The Morgan fingerprint density at radius 1 is 1.50 bits per heavy atom. The van der Waals surface area contributed by atoms with Gasteiger partial charge in [0.1, 0.15) is 0 Å². The summed E-state index contributed by atoms with van der Waals surface area (Å²) in [6.45, 7) is 2.12. The summed E-state index contributed by atoms with van der Waals surface area (Å²) in [5.74, 6) is 0.0421. The average molecular weight is 270 g/mol. The summed E-state index contributed by atoms with van der Waals surface area (Å²) in [6.07, 6.45) is 2.68. The number of aliphatic hydroxyl groups excluding tert-OH is 1. The third kappa shape index (κ3) is 6.03. The minimum Gasteiger partial charge on any atom is -0.396 e. The Bertz CT molecular complexity index is 382. The van der Waals surface area contributed by atoms with Crippen LogP contribution in [0.2, 0.25) is 5.02 Å². The van der Waals surface area contributed by atoms with E-state index >= 15 is 0 Å². The molecule has 0 aliphatic heterocycles. The number of aliphatic hydroxyl groups is 1. The summed E-state index contributed by atoms with van der Waals surface area (Å²) in [6, 6.07) is 7.67. The number of nitrogens with one attached hydrogen (secondary N) is 1. The highest BCUT2D eigenvalue weighted by Crippen LogP contribution is 2.12. The Hall–Kier alpha value is -1.06. The average Bonchev–Trinajstić information content (AvgIpc) is 2.34. The molecule has 0 saturated heterocycles. The standard InChI is InChI=1S/C14H20ClNO2/c1-11(4-3-9-17)16-14(18)8-7-12-5-2-6-13(15)10-12/h2,5-6,10-11,17H,3-4,7-9H2,1H3,(H,16,18). The second-order valence-corrected chi connectivity index (χ2v) is 4.90. The van der Waals surface area contributed by atoms with Gasteiger partial charge in [-0.2, -0.15) is 0 Å². The molecule has 0 heterocycles. The molecule has 0 aliphatic rings. The Morgan fingerprint density at radius 2 is 2.28 bits per heavy atom. The summed E-state index contributed by atoms with van der Waals surface area (Å²) in [4.78, 5) is 11.7. The monoisotopic (exact) mass is 269 g/mol. The van der Waals surface area contributed by atoms with E-state index in [0.717, 1.165) is 18.4 Å². The smallest absolute Gasteiger partial charge is 0.220 e. The van der Waals surface area contributed by atoms with E-state index in [2.05, 4.69) is 5.32 Å². The van der Waals surface area contributed by atoms with Crippen molar-refractivity contribution in [3.8, 4) is 0 Å². The molecule has 18 heavy (non-hydrogen) atoms. The SMILES string of the molecule is CC(CCCO)NC(=O)CCc1cccc(Cl)c1. The molecule has 1 rings (SSSR count). The molecule has 4 heteroatoms. The number of hydrogen-bond donors (Lipinski definition) is 2. The van der Waals surface area contributed by atoms with Gasteiger partial charge >= 0.3 is 0 Å². The van der Waals surface area contributed by atoms with Crippen molar-refractivity contribution in [3.05, 3.63) is 34.9 Å². The molecule has 0 spiro atoms. The predicted octanol–water partition coefficient (Wildman–Crippen LogP) is 2.55. The second kappa shape index (κ2) is 8.11. The van der Waals surface area contributed by atoms with Crippen LogP contribution in [0.4, 0.5) is 0 Å². The van der Waals surface area contributed by atoms with E-state index in [9.17, 15) is 4.79 Å². The number of halogens is 1. The van der Waals surface area contributed by atoms with Crippen molar-refractivity contribution in [2.24, 2.45) is 0 Å². The summed E-state index contributed by atoms with van der Waals surface area (Å²) in [5, 5.41) is 12.3. The van der Waals surface area contributed by atoms with Gasteiger partial charge in [0.2, 0.25) is 5.91 Å². The Labute approximate surface area is 113 Å². The molecule has 1 atom stereocenters. The highest BCUT2D eigenvalue weighted by Gasteiger charge is 2.07. The van der Waals surface area contributed by atoms with Gasteiger partial charge in [-0.1, -0.05) is 23.7 Å². The highest BCUT2D eigenvalue weighted by molar-refractivity contribution is 6.30. The van der Waals surface area contributed by atoms with Crippen LogP contribution in [0.1, 0.15) is 31.7 Å². The molecule has 0 radical (unpaired) electrons. The van der Waals surface area contributed by atoms with Crippen LogP contribution in [-0.4, -0.2) is 23.7 Å². The van der Waals surface area contributed by atoms with Crippen molar-refractivity contribution in [2.45, 2.75) is 38.6 Å². The maximum Gasteiger partial charge on any atom is 0.220 e. The maximum absolute atomic E-state index is 11.7. The van der Waals surface area contributed by atoms with Gasteiger partial charge in [0.05, 0.1) is 0 Å². The minimum absolute atomic E-state index is 0.0421. The molecule has 1 unspecified atom stereocenters. The second-order valence-electron chi connectivity index (χ2n) is 4.46. The number of amides is 1. The molecular formula is C14H20ClNO2. The van der Waals surface area contributed by atoms with E-state index in [0.29, 0.717) is 17.9 Å². The van der Waals surface area contributed by atoms with Crippen molar-refractivity contribution in [1.29, 1.82) is 0 Å². The molecule has 0 bridgehead atoms. The topological polar surface area (TPSA) is 49.3 Å². The normalized spacial score (nSPS) is 12.2. The predicted molar refractivity (Wildman–Crippen MR) is 73.7 cm³/mol. The molecule has 0 aliphatic carbocycles. The number of hydrogen-bond acceptors (Lipinski definition) is 2. The van der Waals surface area contributed by atoms with E-state index in [1.165, 1.54) is 0 Å². The van der Waals surface area contributed by atoms with E-state index in [1.807, 2.05) is 31.2 Å². The number of carbonyl (C=O) groups excluding carboxylic acids is 1. The molecule has 1 aromatic rings. The molecule has 0 aromatic heterocycles. The van der Waals surface area contributed by atoms with E-state index in [-0.39, 0.29) is 18.6 Å². The first-order valence-electron chi connectivity index (χ1n) is 6.26. The van der Waals surface area contributed by atoms with Crippen molar-refractivity contribution >= 4 is 17.5 Å². The van der Waals surface area contributed by atoms with Crippen molar-refractivity contribution < 1.29 is 9.90 Å². The highest BCUT2D eigenvalue weighted by atomic mass is 35.5. The first-order valence-corrected chi connectivity index (χ1v) is 6.64. The Balaban J connectivity index is 2.28. The maximum atomic E-state index is 11.7. The van der Waals surface area contributed by atoms with Gasteiger partial charge in [-0.15, -0.1) is 0 Å². The number of rotatable bonds is 7. The first-order chi connectivity index (χ1) is 8.61. The van der Waals surface area contributed by atoms with E-state index in [1.54, 1.807) is 0 Å². The number of benzene rings is 1. The number of carbonyl (C=O) groups is 1. The zero-order chi connectivity index (χ0) is 13.4. The van der Waals surface area contributed by atoms with E-state index < -0.39 is 0 Å². The first kappa shape index (κ1) is 15.0. The van der Waals surface area contributed by atoms with Crippen molar-refractivity contribution in [2.75, 3.05) is 6.61 Å². The summed E-state index contributed by atoms with van der Waals surface area (Å²) >= 11 is 5.88. The molecule has 0 fully saturated rings. The van der Waals surface area contributed by atoms with Gasteiger partial charge < -0.3 is 10.4 Å². The van der Waals surface area contributed by atoms with Gasteiger partial charge in [0.15, 0.2) is 0 Å². The van der Waals surface area contributed by atoms with Crippen LogP contribution in [0.15, 0.2) is 24.3 Å². The van der Waals surface area contributed by atoms with Crippen molar-refractivity contribution in [1.82, 2.24) is 5.32 Å². The van der Waals surface area contributed by atoms with Gasteiger partial charge in [0.25, 0.3) is 0 Å². The van der Waals surface area contributed by atoms with Crippen LogP contribution in [0.25, 0.3) is 0 Å². The molecular weight excluding hydrogens is 250 g/mol. The summed E-state index contributed by atoms with van der Waals surface area (Å²) < 4.78 is 0. The molecule has 2 N–H and O–H groups in total. The van der Waals surface area contributed by atoms with Crippen LogP contribution < -0.4 is 5.32 Å². The molecule has 0 saturated carbocycles. The molecule has 1 amide bonds. The molecule has 3 nitrogen and oxygen atoms in total. The fraction of sp³-hybridized carbons (Fsp3) is 0.500. The lowest BCUT2D eigenvalue weighted by atomic mass is 10.1. The lowest BCUT2D eigenvalue weighted by Gasteiger charge is -2.13. The molecule has 100 valence electrons. The number of aryl methyl sites for hydroxylation is 1. The lowest BCUT2D eigenvalue weighted by Crippen LogP contribution is -2.32. The van der Waals surface area contributed by atoms with E-state index in [4.69, 9.17) is 16.7 Å². The van der Waals surface area contributed by atoms with Gasteiger partial charge in [-0.05, 0) is 43.9 Å². The van der Waals surface area contributed by atoms with Crippen LogP contribution in [-0.2, 0) is 11.2 Å². The van der Waals surface area contributed by atoms with Gasteiger partial charge in [-0.3, -0.25) is 4.79 Å². The fourth-order valence-corrected chi connectivity index (χ4v) is 1.98. The van der Waals surface area contributed by atoms with Crippen LogP contribution in [0, 0.1) is 0 Å². The molecule has 1 aromatic carbocycles. The Kier molecular flexibility index (Phi) is 6.76. The van der Waals surface area contributed by atoms with Crippen LogP contribution in [0.3, 0.4) is 0 Å². The van der Waals surface area contributed by atoms with Gasteiger partial charge in [-0.25, -0.2) is 0 Å². The zero-order valence-electron chi connectivity index (χ0n) is 10.7. The Morgan fingerprint density at radius 3 is 2.94 bits per heavy atom. The van der Waals surface area contributed by atoms with Crippen LogP contribution >= 0.6 is 11.6 Å². The summed E-state index contributed by atoms with van der Waals surface area (Å²) in [5.41, 5.74) is 1.07. The van der Waals surface area contributed by atoms with Crippen LogP contribution in [0.5, 0.6) is 0 Å². The minimum atomic E-state index is 0.0421. The quantitative estimate of drug-likeness (QED) is 0.799. The fourth-order valence-electron chi connectivity index (χ4n) is 1.77. The lowest BCUT2D eigenvalue weighted by molar-refractivity contribution is -0.121. The summed E-state index contributed by atoms with van der Waals surface area (Å²) in [7, 11) is 0. The third-order valence-corrected chi connectivity index (χ3v) is 2.97. The van der Waals surface area contributed by atoms with Gasteiger partial charge in [0, 0.05) is 24.1 Å².